The molecule has 156 valence electrons. The third kappa shape index (κ3) is 4.35. The van der Waals surface area contributed by atoms with Crippen LogP contribution in [0.4, 0.5) is 24.5 Å². The number of nitrogens with zero attached hydrogens (tertiary/aromatic N) is 1. The van der Waals surface area contributed by atoms with Crippen LogP contribution in [0.15, 0.2) is 60.7 Å². The number of halogens is 3. The van der Waals surface area contributed by atoms with Gasteiger partial charge >= 0.3 is 6.18 Å². The maximum Gasteiger partial charge on any atom is 0.416 e. The van der Waals surface area contributed by atoms with Gasteiger partial charge in [0, 0.05) is 18.5 Å². The fourth-order valence-electron chi connectivity index (χ4n) is 3.70. The smallest absolute Gasteiger partial charge is 0.416 e. The lowest BCUT2D eigenvalue weighted by Crippen LogP contribution is -2.24. The first-order valence-electron chi connectivity index (χ1n) is 9.78. The number of ether oxygens (including phenoxy) is 1. The molecule has 3 aromatic carbocycles. The molecular formula is C23H21F3N2O2. The standard InChI is InChI=1S/C23H21F3N2O2/c24-23(25,26)17-10-11-20(28-12-3-4-13-28)19(14-17)27-22(29)15-30-21-9-5-7-16-6-1-2-8-18(16)21/h1-2,5-11,14H,3-4,12-13,15H2,(H,27,29). The van der Waals surface area contributed by atoms with Gasteiger partial charge in [-0.2, -0.15) is 13.2 Å². The van der Waals surface area contributed by atoms with Gasteiger partial charge in [0.1, 0.15) is 5.75 Å². The first-order valence-corrected chi connectivity index (χ1v) is 9.78. The summed E-state index contributed by atoms with van der Waals surface area (Å²) < 4.78 is 45.2. The number of benzene rings is 3. The molecule has 1 heterocycles. The summed E-state index contributed by atoms with van der Waals surface area (Å²) in [6.45, 7) is 1.20. The predicted octanol–water partition coefficient (Wildman–Crippen LogP) is 5.48. The number of anilines is 2. The molecule has 0 unspecified atom stereocenters. The van der Waals surface area contributed by atoms with E-state index >= 15 is 0 Å². The Hall–Kier alpha value is -3.22. The van der Waals surface area contributed by atoms with E-state index in [1.54, 1.807) is 6.07 Å². The van der Waals surface area contributed by atoms with Crippen molar-refractivity contribution in [1.29, 1.82) is 0 Å². The van der Waals surface area contributed by atoms with E-state index in [1.807, 2.05) is 41.3 Å². The average Bonchev–Trinajstić information content (AvgIpc) is 3.26. The number of rotatable bonds is 5. The molecule has 0 aliphatic carbocycles. The molecule has 1 amide bonds. The highest BCUT2D eigenvalue weighted by atomic mass is 19.4. The van der Waals surface area contributed by atoms with Crippen LogP contribution in [0, 0.1) is 0 Å². The topological polar surface area (TPSA) is 41.6 Å². The monoisotopic (exact) mass is 414 g/mol. The van der Waals surface area contributed by atoms with E-state index < -0.39 is 17.6 Å². The van der Waals surface area contributed by atoms with Crippen molar-refractivity contribution in [2.45, 2.75) is 19.0 Å². The van der Waals surface area contributed by atoms with Crippen LogP contribution < -0.4 is 15.0 Å². The lowest BCUT2D eigenvalue weighted by Gasteiger charge is -2.23. The second-order valence-corrected chi connectivity index (χ2v) is 7.24. The minimum Gasteiger partial charge on any atom is -0.483 e. The Balaban J connectivity index is 1.52. The molecule has 30 heavy (non-hydrogen) atoms. The minimum absolute atomic E-state index is 0.151. The predicted molar refractivity (Wildman–Crippen MR) is 111 cm³/mol. The Bertz CT molecular complexity index is 1050. The van der Waals surface area contributed by atoms with E-state index in [2.05, 4.69) is 5.32 Å². The van der Waals surface area contributed by atoms with Crippen molar-refractivity contribution >= 4 is 28.1 Å². The molecule has 0 radical (unpaired) electrons. The lowest BCUT2D eigenvalue weighted by molar-refractivity contribution is -0.137. The van der Waals surface area contributed by atoms with Crippen LogP contribution in [0.1, 0.15) is 18.4 Å². The zero-order valence-corrected chi connectivity index (χ0v) is 16.2. The summed E-state index contributed by atoms with van der Waals surface area (Å²) in [5.41, 5.74) is -0.0482. The maximum absolute atomic E-state index is 13.2. The number of hydrogen-bond donors (Lipinski definition) is 1. The normalized spacial score (nSPS) is 14.2. The third-order valence-corrected chi connectivity index (χ3v) is 5.15. The molecule has 1 N–H and O–H groups in total. The van der Waals surface area contributed by atoms with Gasteiger partial charge < -0.3 is 15.0 Å². The largest absolute Gasteiger partial charge is 0.483 e. The van der Waals surface area contributed by atoms with E-state index in [0.717, 1.165) is 48.8 Å². The van der Waals surface area contributed by atoms with Crippen LogP contribution in [0.25, 0.3) is 10.8 Å². The van der Waals surface area contributed by atoms with E-state index in [0.29, 0.717) is 11.4 Å². The van der Waals surface area contributed by atoms with Crippen molar-refractivity contribution in [3.05, 3.63) is 66.2 Å². The van der Waals surface area contributed by atoms with E-state index in [9.17, 15) is 18.0 Å². The van der Waals surface area contributed by atoms with Crippen molar-refractivity contribution in [2.24, 2.45) is 0 Å². The highest BCUT2D eigenvalue weighted by Crippen LogP contribution is 2.36. The molecule has 4 rings (SSSR count). The Labute approximate surface area is 172 Å². The Morgan fingerprint density at radius 3 is 2.50 bits per heavy atom. The summed E-state index contributed by atoms with van der Waals surface area (Å²) in [4.78, 5) is 14.5. The molecule has 0 atom stereocenters. The van der Waals surface area contributed by atoms with Gasteiger partial charge in [-0.3, -0.25) is 4.79 Å². The van der Waals surface area contributed by atoms with Gasteiger partial charge in [0.15, 0.2) is 6.61 Å². The first-order chi connectivity index (χ1) is 14.4. The zero-order valence-electron chi connectivity index (χ0n) is 16.2. The summed E-state index contributed by atoms with van der Waals surface area (Å²) in [7, 11) is 0. The average molecular weight is 414 g/mol. The van der Waals surface area contributed by atoms with Crippen LogP contribution >= 0.6 is 0 Å². The number of fused-ring (bicyclic) bond motifs is 1. The molecule has 1 aliphatic heterocycles. The van der Waals surface area contributed by atoms with Crippen LogP contribution in [0.5, 0.6) is 5.75 Å². The molecular weight excluding hydrogens is 393 g/mol. The van der Waals surface area contributed by atoms with E-state index in [-0.39, 0.29) is 12.3 Å². The zero-order chi connectivity index (χ0) is 21.1. The van der Waals surface area contributed by atoms with Crippen LogP contribution in [0.3, 0.4) is 0 Å². The molecule has 7 heteroatoms. The Morgan fingerprint density at radius 2 is 1.73 bits per heavy atom. The molecule has 0 saturated carbocycles. The quantitative estimate of drug-likeness (QED) is 0.601. The molecule has 1 fully saturated rings. The Morgan fingerprint density at radius 1 is 1.00 bits per heavy atom. The highest BCUT2D eigenvalue weighted by molar-refractivity contribution is 5.96. The lowest BCUT2D eigenvalue weighted by atomic mass is 10.1. The molecule has 3 aromatic rings. The molecule has 0 aromatic heterocycles. The fourth-order valence-corrected chi connectivity index (χ4v) is 3.70. The van der Waals surface area contributed by atoms with Crippen molar-refractivity contribution in [2.75, 3.05) is 29.9 Å². The summed E-state index contributed by atoms with van der Waals surface area (Å²) >= 11 is 0. The molecule has 0 bridgehead atoms. The third-order valence-electron chi connectivity index (χ3n) is 5.15. The SMILES string of the molecule is O=C(COc1cccc2ccccc12)Nc1cc(C(F)(F)F)ccc1N1CCCC1. The van der Waals surface area contributed by atoms with Crippen molar-refractivity contribution in [1.82, 2.24) is 0 Å². The number of hydrogen-bond acceptors (Lipinski definition) is 3. The number of alkyl halides is 3. The number of carbonyl (C=O) groups excluding carboxylic acids is 1. The van der Waals surface area contributed by atoms with Gasteiger partial charge in [-0.15, -0.1) is 0 Å². The fraction of sp³-hybridized carbons (Fsp3) is 0.261. The van der Waals surface area contributed by atoms with Crippen molar-refractivity contribution in [3.8, 4) is 5.75 Å². The first kappa shape index (κ1) is 20.1. The van der Waals surface area contributed by atoms with E-state index in [4.69, 9.17) is 4.74 Å². The Kier molecular flexibility index (Phi) is 5.53. The number of amides is 1. The van der Waals surface area contributed by atoms with Crippen LogP contribution in [-0.2, 0) is 11.0 Å². The summed E-state index contributed by atoms with van der Waals surface area (Å²) in [6, 6.07) is 16.6. The van der Waals surface area contributed by atoms with Gasteiger partial charge in [-0.05, 0) is 42.5 Å². The summed E-state index contributed by atoms with van der Waals surface area (Å²) in [5.74, 6) is 0.0368. The second kappa shape index (κ2) is 8.26. The van der Waals surface area contributed by atoms with Gasteiger partial charge in [-0.25, -0.2) is 0 Å². The van der Waals surface area contributed by atoms with Gasteiger partial charge in [0.25, 0.3) is 5.91 Å². The molecule has 1 aliphatic rings. The number of carbonyl (C=O) groups is 1. The van der Waals surface area contributed by atoms with Gasteiger partial charge in [0.05, 0.1) is 16.9 Å². The van der Waals surface area contributed by atoms with Gasteiger partial charge in [-0.1, -0.05) is 36.4 Å². The molecule has 1 saturated heterocycles. The van der Waals surface area contributed by atoms with Crippen molar-refractivity contribution in [3.63, 3.8) is 0 Å². The van der Waals surface area contributed by atoms with E-state index in [1.165, 1.54) is 6.07 Å². The summed E-state index contributed by atoms with van der Waals surface area (Å²) in [6.07, 6.45) is -2.54. The highest BCUT2D eigenvalue weighted by Gasteiger charge is 2.32. The van der Waals surface area contributed by atoms with Gasteiger partial charge in [0.2, 0.25) is 0 Å². The molecule has 4 nitrogen and oxygen atoms in total. The number of nitrogens with one attached hydrogen (secondary N) is 1. The minimum atomic E-state index is -4.48. The maximum atomic E-state index is 13.2. The molecule has 0 spiro atoms. The summed E-state index contributed by atoms with van der Waals surface area (Å²) in [5, 5.41) is 4.45. The second-order valence-electron chi connectivity index (χ2n) is 7.24. The van der Waals surface area contributed by atoms with Crippen molar-refractivity contribution < 1.29 is 22.7 Å². The van der Waals surface area contributed by atoms with Crippen LogP contribution in [-0.4, -0.2) is 25.6 Å². The van der Waals surface area contributed by atoms with Crippen LogP contribution in [0.2, 0.25) is 0 Å².